The van der Waals surface area contributed by atoms with Crippen LogP contribution in [0.25, 0.3) is 11.3 Å². The molecule has 10 nitrogen and oxygen atoms in total. The number of anilines is 2. The maximum Gasteiger partial charge on any atom is 0.253 e. The summed E-state index contributed by atoms with van der Waals surface area (Å²) in [5, 5.41) is 5.16. The SMILES string of the molecule is C[C@@H]1CN(c2cccc(-c3cccc(NC(=O)CNC(=O)c4ccn(S(C)(=O)=O)c4)n3)c2)C[C@H](C)O1. The van der Waals surface area contributed by atoms with E-state index < -0.39 is 21.8 Å². The standard InChI is InChI=1S/C25H29N5O5S/c1-17-14-29(15-18(2)35-17)21-7-4-6-19(12-21)22-8-5-9-23(27-22)28-24(31)13-26-25(32)20-10-11-30(16-20)36(3,33)34/h4-12,16-18H,13-15H2,1-3H3,(H,26,32)(H,27,28,31)/t17-,18+. The first-order chi connectivity index (χ1) is 17.1. The molecule has 2 N–H and O–H groups in total. The number of carbonyl (C=O) groups excluding carboxylic acids is 2. The van der Waals surface area contributed by atoms with Crippen LogP contribution in [-0.4, -0.2) is 67.3 Å². The predicted molar refractivity (Wildman–Crippen MR) is 138 cm³/mol. The van der Waals surface area contributed by atoms with Crippen LogP contribution in [0.1, 0.15) is 24.2 Å². The van der Waals surface area contributed by atoms with Crippen LogP contribution in [0.3, 0.4) is 0 Å². The lowest BCUT2D eigenvalue weighted by Gasteiger charge is -2.37. The number of amides is 2. The van der Waals surface area contributed by atoms with Crippen LogP contribution < -0.4 is 15.5 Å². The number of morpholine rings is 1. The van der Waals surface area contributed by atoms with Crippen LogP contribution >= 0.6 is 0 Å². The molecule has 0 unspecified atom stereocenters. The Balaban J connectivity index is 1.38. The molecule has 2 atom stereocenters. The number of nitrogens with one attached hydrogen (secondary N) is 2. The van der Waals surface area contributed by atoms with Crippen molar-refractivity contribution in [3.05, 3.63) is 66.5 Å². The van der Waals surface area contributed by atoms with Crippen molar-refractivity contribution in [2.24, 2.45) is 0 Å². The zero-order chi connectivity index (χ0) is 25.9. The highest BCUT2D eigenvalue weighted by atomic mass is 32.2. The second-order valence-electron chi connectivity index (χ2n) is 8.84. The highest BCUT2D eigenvalue weighted by molar-refractivity contribution is 7.89. The third-order valence-corrected chi connectivity index (χ3v) is 6.66. The number of ether oxygens (including phenoxy) is 1. The lowest BCUT2D eigenvalue weighted by molar-refractivity contribution is -0.115. The molecule has 3 aromatic rings. The molecule has 190 valence electrons. The van der Waals surface area contributed by atoms with Crippen molar-refractivity contribution in [2.75, 3.05) is 36.1 Å². The zero-order valence-electron chi connectivity index (χ0n) is 20.3. The lowest BCUT2D eigenvalue weighted by Crippen LogP contribution is -2.45. The van der Waals surface area contributed by atoms with E-state index in [1.54, 1.807) is 12.1 Å². The van der Waals surface area contributed by atoms with Gasteiger partial charge in [0, 0.05) is 36.7 Å². The minimum atomic E-state index is -3.49. The van der Waals surface area contributed by atoms with Crippen molar-refractivity contribution >= 4 is 33.3 Å². The Kier molecular flexibility index (Phi) is 7.41. The molecule has 2 aromatic heterocycles. The van der Waals surface area contributed by atoms with Gasteiger partial charge in [-0.25, -0.2) is 13.4 Å². The number of nitrogens with zero attached hydrogens (tertiary/aromatic N) is 3. The van der Waals surface area contributed by atoms with Crippen molar-refractivity contribution < 1.29 is 22.7 Å². The van der Waals surface area contributed by atoms with Gasteiger partial charge >= 0.3 is 0 Å². The normalized spacial score (nSPS) is 18.0. The van der Waals surface area contributed by atoms with Crippen molar-refractivity contribution in [3.8, 4) is 11.3 Å². The van der Waals surface area contributed by atoms with Gasteiger partial charge in [-0.1, -0.05) is 18.2 Å². The molecule has 0 radical (unpaired) electrons. The highest BCUT2D eigenvalue weighted by Crippen LogP contribution is 2.26. The summed E-state index contributed by atoms with van der Waals surface area (Å²) in [5.74, 6) is -0.660. The summed E-state index contributed by atoms with van der Waals surface area (Å²) in [5.41, 5.74) is 2.84. The number of hydrogen-bond acceptors (Lipinski definition) is 7. The molecular formula is C25H29N5O5S. The van der Waals surface area contributed by atoms with Gasteiger partial charge in [-0.15, -0.1) is 0 Å². The first-order valence-electron chi connectivity index (χ1n) is 11.5. The van der Waals surface area contributed by atoms with Crippen molar-refractivity contribution in [1.29, 1.82) is 0 Å². The van der Waals surface area contributed by atoms with Gasteiger partial charge in [0.05, 0.1) is 36.3 Å². The van der Waals surface area contributed by atoms with Crippen LogP contribution in [-0.2, 0) is 19.6 Å². The quantitative estimate of drug-likeness (QED) is 0.499. The van der Waals surface area contributed by atoms with E-state index in [1.807, 2.05) is 18.2 Å². The minimum absolute atomic E-state index is 0.136. The molecule has 1 aliphatic heterocycles. The second kappa shape index (κ2) is 10.5. The Hall–Kier alpha value is -3.70. The summed E-state index contributed by atoms with van der Waals surface area (Å²) in [4.78, 5) is 31.5. The van der Waals surface area contributed by atoms with Crippen LogP contribution in [0.5, 0.6) is 0 Å². The minimum Gasteiger partial charge on any atom is -0.372 e. The summed E-state index contributed by atoms with van der Waals surface area (Å²) in [6.07, 6.45) is 3.79. The van der Waals surface area contributed by atoms with Gasteiger partial charge in [0.15, 0.2) is 0 Å². The number of pyridine rings is 1. The van der Waals surface area contributed by atoms with E-state index in [0.717, 1.165) is 34.6 Å². The van der Waals surface area contributed by atoms with Crippen LogP contribution in [0.15, 0.2) is 60.9 Å². The summed E-state index contributed by atoms with van der Waals surface area (Å²) in [6, 6.07) is 14.8. The monoisotopic (exact) mass is 511 g/mol. The maximum atomic E-state index is 12.4. The molecule has 0 spiro atoms. The fraction of sp³-hybridized carbons (Fsp3) is 0.320. The van der Waals surface area contributed by atoms with Crippen molar-refractivity contribution in [1.82, 2.24) is 14.3 Å². The molecular weight excluding hydrogens is 482 g/mol. The smallest absolute Gasteiger partial charge is 0.253 e. The van der Waals surface area contributed by atoms with E-state index in [4.69, 9.17) is 4.74 Å². The number of carbonyl (C=O) groups is 2. The van der Waals surface area contributed by atoms with Gasteiger partial charge in [-0.2, -0.15) is 0 Å². The average Bonchev–Trinajstić information content (AvgIpc) is 3.34. The Morgan fingerprint density at radius 1 is 1.08 bits per heavy atom. The third kappa shape index (κ3) is 6.29. The van der Waals surface area contributed by atoms with Gasteiger partial charge < -0.3 is 20.3 Å². The van der Waals surface area contributed by atoms with Gasteiger partial charge in [-0.05, 0) is 44.2 Å². The molecule has 3 heterocycles. The second-order valence-corrected chi connectivity index (χ2v) is 10.7. The highest BCUT2D eigenvalue weighted by Gasteiger charge is 2.22. The number of rotatable bonds is 7. The molecule has 0 aliphatic carbocycles. The first-order valence-corrected chi connectivity index (χ1v) is 13.4. The molecule has 0 saturated carbocycles. The Labute approximate surface area is 210 Å². The lowest BCUT2D eigenvalue weighted by atomic mass is 10.1. The van der Waals surface area contributed by atoms with E-state index in [9.17, 15) is 18.0 Å². The third-order valence-electron chi connectivity index (χ3n) is 5.67. The van der Waals surface area contributed by atoms with Gasteiger partial charge in [-0.3, -0.25) is 13.6 Å². The van der Waals surface area contributed by atoms with Crippen LogP contribution in [0, 0.1) is 0 Å². The fourth-order valence-electron chi connectivity index (χ4n) is 4.08. The van der Waals surface area contributed by atoms with E-state index >= 15 is 0 Å². The molecule has 0 bridgehead atoms. The zero-order valence-corrected chi connectivity index (χ0v) is 21.2. The summed E-state index contributed by atoms with van der Waals surface area (Å²) in [7, 11) is -3.49. The van der Waals surface area contributed by atoms with E-state index in [0.29, 0.717) is 11.5 Å². The van der Waals surface area contributed by atoms with Crippen molar-refractivity contribution in [3.63, 3.8) is 0 Å². The van der Waals surface area contributed by atoms with E-state index in [-0.39, 0.29) is 24.3 Å². The Morgan fingerprint density at radius 3 is 2.50 bits per heavy atom. The van der Waals surface area contributed by atoms with Gasteiger partial charge in [0.1, 0.15) is 5.82 Å². The summed E-state index contributed by atoms with van der Waals surface area (Å²) in [6.45, 7) is 5.45. The largest absolute Gasteiger partial charge is 0.372 e. The topological polar surface area (TPSA) is 123 Å². The fourth-order valence-corrected chi connectivity index (χ4v) is 4.67. The predicted octanol–water partition coefficient (Wildman–Crippen LogP) is 2.34. The first kappa shape index (κ1) is 25.4. The van der Waals surface area contributed by atoms with Crippen LogP contribution in [0.2, 0.25) is 0 Å². The van der Waals surface area contributed by atoms with Gasteiger partial charge in [0.25, 0.3) is 5.91 Å². The van der Waals surface area contributed by atoms with Gasteiger partial charge in [0.2, 0.25) is 15.9 Å². The number of aromatic nitrogens is 2. The molecule has 1 saturated heterocycles. The molecule has 1 aliphatic rings. The Bertz CT molecular complexity index is 1360. The molecule has 1 fully saturated rings. The average molecular weight is 512 g/mol. The molecule has 4 rings (SSSR count). The molecule has 36 heavy (non-hydrogen) atoms. The molecule has 1 aromatic carbocycles. The summed E-state index contributed by atoms with van der Waals surface area (Å²) >= 11 is 0. The van der Waals surface area contributed by atoms with Crippen molar-refractivity contribution in [2.45, 2.75) is 26.1 Å². The van der Waals surface area contributed by atoms with E-state index in [2.05, 4.69) is 46.5 Å². The number of hydrogen-bond donors (Lipinski definition) is 2. The Morgan fingerprint density at radius 2 is 1.81 bits per heavy atom. The number of benzene rings is 1. The molecule has 2 amide bonds. The maximum absolute atomic E-state index is 12.4. The van der Waals surface area contributed by atoms with Crippen LogP contribution in [0.4, 0.5) is 11.5 Å². The molecule has 11 heteroatoms. The summed E-state index contributed by atoms with van der Waals surface area (Å²) < 4.78 is 29.9. The van der Waals surface area contributed by atoms with E-state index in [1.165, 1.54) is 18.5 Å².